The molecular weight excluding hydrogens is 348 g/mol. The molecule has 0 aliphatic rings. The van der Waals surface area contributed by atoms with Crippen molar-refractivity contribution >= 4 is 28.9 Å². The highest BCUT2D eigenvalue weighted by Gasteiger charge is 2.12. The molecule has 0 amide bonds. The molecule has 3 aromatic rings. The number of aromatic nitrogens is 2. The molecule has 0 saturated heterocycles. The number of hydrogen-bond acceptors (Lipinski definition) is 6. The second-order valence-corrected chi connectivity index (χ2v) is 6.03. The van der Waals surface area contributed by atoms with Crippen LogP contribution in [0.15, 0.2) is 48.0 Å². The van der Waals surface area contributed by atoms with Gasteiger partial charge >= 0.3 is 5.97 Å². The molecule has 0 aliphatic heterocycles. The quantitative estimate of drug-likeness (QED) is 0.503. The van der Waals surface area contributed by atoms with Crippen molar-refractivity contribution in [3.8, 4) is 16.3 Å². The summed E-state index contributed by atoms with van der Waals surface area (Å²) in [7, 11) is 1.62. The third-order valence-corrected chi connectivity index (χ3v) is 4.33. The van der Waals surface area contributed by atoms with Gasteiger partial charge in [-0.1, -0.05) is 23.7 Å². The van der Waals surface area contributed by atoms with Crippen molar-refractivity contribution in [2.24, 2.45) is 0 Å². The third kappa shape index (κ3) is 3.72. The summed E-state index contributed by atoms with van der Waals surface area (Å²) < 4.78 is 10.6. The van der Waals surface area contributed by atoms with E-state index in [1.807, 2.05) is 29.6 Å². The molecule has 3 rings (SSSR count). The van der Waals surface area contributed by atoms with Crippen LogP contribution in [0, 0.1) is 0 Å². The highest BCUT2D eigenvalue weighted by Crippen LogP contribution is 2.32. The zero-order chi connectivity index (χ0) is 16.9. The number of benzene rings is 1. The van der Waals surface area contributed by atoms with Gasteiger partial charge in [-0.15, -0.1) is 11.3 Å². The number of nitrogens with zero attached hydrogens (tertiary/aromatic N) is 2. The Balaban J connectivity index is 1.69. The molecule has 5 nitrogen and oxygen atoms in total. The van der Waals surface area contributed by atoms with Gasteiger partial charge in [0.15, 0.2) is 0 Å². The minimum absolute atomic E-state index is 0.0877. The zero-order valence-electron chi connectivity index (χ0n) is 12.7. The van der Waals surface area contributed by atoms with Crippen molar-refractivity contribution < 1.29 is 14.3 Å². The second-order valence-electron chi connectivity index (χ2n) is 4.79. The SMILES string of the molecule is COc1ccccc1-c1nc(COC(=O)c2ccnc(Cl)c2)cs1. The van der Waals surface area contributed by atoms with E-state index in [1.54, 1.807) is 13.2 Å². The molecule has 0 aliphatic carbocycles. The van der Waals surface area contributed by atoms with Gasteiger partial charge in [-0.3, -0.25) is 0 Å². The Morgan fingerprint density at radius 3 is 2.92 bits per heavy atom. The molecule has 0 saturated carbocycles. The Bertz CT molecular complexity index is 866. The highest BCUT2D eigenvalue weighted by atomic mass is 35.5. The molecule has 122 valence electrons. The molecule has 0 radical (unpaired) electrons. The predicted molar refractivity (Wildman–Crippen MR) is 92.5 cm³/mol. The van der Waals surface area contributed by atoms with Crippen LogP contribution < -0.4 is 4.74 Å². The Morgan fingerprint density at radius 1 is 1.29 bits per heavy atom. The first kappa shape index (κ1) is 16.4. The lowest BCUT2D eigenvalue weighted by Gasteiger charge is -2.05. The molecule has 0 bridgehead atoms. The summed E-state index contributed by atoms with van der Waals surface area (Å²) in [5, 5.41) is 2.91. The number of carbonyl (C=O) groups is 1. The van der Waals surface area contributed by atoms with Crippen molar-refractivity contribution in [3.63, 3.8) is 0 Å². The van der Waals surface area contributed by atoms with E-state index in [-0.39, 0.29) is 11.8 Å². The Labute approximate surface area is 147 Å². The lowest BCUT2D eigenvalue weighted by molar-refractivity contribution is 0.0468. The summed E-state index contributed by atoms with van der Waals surface area (Å²) in [6, 6.07) is 10.7. The minimum atomic E-state index is -0.467. The largest absolute Gasteiger partial charge is 0.496 e. The van der Waals surface area contributed by atoms with E-state index < -0.39 is 5.97 Å². The van der Waals surface area contributed by atoms with Gasteiger partial charge in [0, 0.05) is 11.6 Å². The third-order valence-electron chi connectivity index (χ3n) is 3.20. The van der Waals surface area contributed by atoms with Crippen LogP contribution in [0.25, 0.3) is 10.6 Å². The number of esters is 1. The summed E-state index contributed by atoms with van der Waals surface area (Å²) in [6.45, 7) is 0.0877. The molecule has 0 unspecified atom stereocenters. The Morgan fingerprint density at radius 2 is 2.12 bits per heavy atom. The summed E-state index contributed by atoms with van der Waals surface area (Å²) in [5.41, 5.74) is 1.94. The number of ether oxygens (including phenoxy) is 2. The molecule has 0 fully saturated rings. The molecule has 0 atom stereocenters. The second kappa shape index (κ2) is 7.42. The molecule has 2 aromatic heterocycles. The summed E-state index contributed by atoms with van der Waals surface area (Å²) in [5.74, 6) is 0.285. The number of carbonyl (C=O) groups excluding carboxylic acids is 1. The first-order valence-corrected chi connectivity index (χ1v) is 8.29. The standard InChI is InChI=1S/C17H13ClN2O3S/c1-22-14-5-3-2-4-13(14)16-20-12(10-24-16)9-23-17(21)11-6-7-19-15(18)8-11/h2-8,10H,9H2,1H3. The molecular formula is C17H13ClN2O3S. The van der Waals surface area contributed by atoms with Gasteiger partial charge in [0.1, 0.15) is 22.5 Å². The van der Waals surface area contributed by atoms with Crippen molar-refractivity contribution in [2.45, 2.75) is 6.61 Å². The van der Waals surface area contributed by atoms with E-state index in [0.29, 0.717) is 11.3 Å². The van der Waals surface area contributed by atoms with Crippen molar-refractivity contribution in [2.75, 3.05) is 7.11 Å². The number of rotatable bonds is 5. The maximum atomic E-state index is 12.0. The number of halogens is 1. The van der Waals surface area contributed by atoms with Gasteiger partial charge < -0.3 is 9.47 Å². The van der Waals surface area contributed by atoms with Gasteiger partial charge in [0.05, 0.1) is 23.9 Å². The lowest BCUT2D eigenvalue weighted by Crippen LogP contribution is -2.05. The van der Waals surface area contributed by atoms with Gasteiger partial charge in [0.2, 0.25) is 0 Å². The predicted octanol–water partition coefficient (Wildman–Crippen LogP) is 4.22. The van der Waals surface area contributed by atoms with Crippen LogP contribution in [0.5, 0.6) is 5.75 Å². The van der Waals surface area contributed by atoms with Crippen LogP contribution in [0.1, 0.15) is 16.1 Å². The van der Waals surface area contributed by atoms with Crippen molar-refractivity contribution in [1.82, 2.24) is 9.97 Å². The fraction of sp³-hybridized carbons (Fsp3) is 0.118. The topological polar surface area (TPSA) is 61.3 Å². The smallest absolute Gasteiger partial charge is 0.338 e. The molecule has 0 N–H and O–H groups in total. The number of para-hydroxylation sites is 1. The summed E-state index contributed by atoms with van der Waals surface area (Å²) in [6.07, 6.45) is 1.46. The van der Waals surface area contributed by atoms with E-state index in [2.05, 4.69) is 9.97 Å². The molecule has 2 heterocycles. The van der Waals surface area contributed by atoms with Crippen LogP contribution in [0.3, 0.4) is 0 Å². The molecule has 7 heteroatoms. The number of hydrogen-bond donors (Lipinski definition) is 0. The lowest BCUT2D eigenvalue weighted by atomic mass is 10.2. The van der Waals surface area contributed by atoms with Crippen LogP contribution in [0.2, 0.25) is 5.15 Å². The van der Waals surface area contributed by atoms with Crippen LogP contribution in [-0.2, 0) is 11.3 Å². The first-order chi connectivity index (χ1) is 11.7. The summed E-state index contributed by atoms with van der Waals surface area (Å²) >= 11 is 7.23. The molecule has 24 heavy (non-hydrogen) atoms. The van der Waals surface area contributed by atoms with Crippen LogP contribution in [0.4, 0.5) is 0 Å². The number of methoxy groups -OCH3 is 1. The van der Waals surface area contributed by atoms with Gasteiger partial charge in [0.25, 0.3) is 0 Å². The molecule has 1 aromatic carbocycles. The van der Waals surface area contributed by atoms with Crippen molar-refractivity contribution in [3.05, 3.63) is 64.4 Å². The maximum Gasteiger partial charge on any atom is 0.338 e. The average molecular weight is 361 g/mol. The Kier molecular flexibility index (Phi) is 5.08. The van der Waals surface area contributed by atoms with Crippen LogP contribution in [-0.4, -0.2) is 23.0 Å². The summed E-state index contributed by atoms with van der Waals surface area (Å²) in [4.78, 5) is 20.3. The van der Waals surface area contributed by atoms with E-state index in [4.69, 9.17) is 21.1 Å². The van der Waals surface area contributed by atoms with Gasteiger partial charge in [-0.05, 0) is 24.3 Å². The molecule has 0 spiro atoms. The first-order valence-electron chi connectivity index (χ1n) is 7.04. The van der Waals surface area contributed by atoms with E-state index in [1.165, 1.54) is 23.6 Å². The fourth-order valence-corrected chi connectivity index (χ4v) is 3.08. The van der Waals surface area contributed by atoms with E-state index >= 15 is 0 Å². The van der Waals surface area contributed by atoms with Crippen LogP contribution >= 0.6 is 22.9 Å². The van der Waals surface area contributed by atoms with Crippen molar-refractivity contribution in [1.29, 1.82) is 0 Å². The highest BCUT2D eigenvalue weighted by molar-refractivity contribution is 7.13. The van der Waals surface area contributed by atoms with E-state index in [0.717, 1.165) is 16.3 Å². The Hall–Kier alpha value is -2.44. The zero-order valence-corrected chi connectivity index (χ0v) is 14.3. The maximum absolute atomic E-state index is 12.0. The monoisotopic (exact) mass is 360 g/mol. The fourth-order valence-electron chi connectivity index (χ4n) is 2.07. The van der Waals surface area contributed by atoms with Gasteiger partial charge in [-0.2, -0.15) is 0 Å². The minimum Gasteiger partial charge on any atom is -0.496 e. The normalized spacial score (nSPS) is 10.4. The average Bonchev–Trinajstić information content (AvgIpc) is 3.08. The van der Waals surface area contributed by atoms with Gasteiger partial charge in [-0.25, -0.2) is 14.8 Å². The van der Waals surface area contributed by atoms with E-state index in [9.17, 15) is 4.79 Å². The number of thiazole rings is 1. The number of pyridine rings is 1.